The molecule has 2 atom stereocenters. The predicted octanol–water partition coefficient (Wildman–Crippen LogP) is 1.76. The molecule has 0 amide bonds. The summed E-state index contributed by atoms with van der Waals surface area (Å²) in [5.74, 6) is 3.81. The predicted molar refractivity (Wildman–Crippen MR) is 75.1 cm³/mol. The molecule has 1 aliphatic carbocycles. The summed E-state index contributed by atoms with van der Waals surface area (Å²) in [7, 11) is -0.558. The van der Waals surface area contributed by atoms with Crippen LogP contribution in [0, 0.1) is 5.92 Å². The number of nitrogens with zero attached hydrogens (tertiary/aromatic N) is 1. The number of hydrogen-bond donors (Lipinski definition) is 1. The van der Waals surface area contributed by atoms with E-state index in [0.717, 1.165) is 35.4 Å². The number of thioether (sulfide) groups is 1. The van der Waals surface area contributed by atoms with Gasteiger partial charge in [0, 0.05) is 34.1 Å². The molecule has 0 aromatic rings. The Bertz CT molecular complexity index is 335. The molecule has 2 aliphatic heterocycles. The van der Waals surface area contributed by atoms with E-state index in [9.17, 15) is 4.21 Å². The van der Waals surface area contributed by atoms with Crippen LogP contribution in [-0.4, -0.2) is 38.7 Å². The summed E-state index contributed by atoms with van der Waals surface area (Å²) in [6.45, 7) is 0. The molecule has 2 unspecified atom stereocenters. The van der Waals surface area contributed by atoms with E-state index in [2.05, 4.69) is 5.32 Å². The Morgan fingerprint density at radius 3 is 2.88 bits per heavy atom. The highest BCUT2D eigenvalue weighted by Crippen LogP contribution is 2.35. The zero-order valence-electron chi connectivity index (χ0n) is 10.1. The van der Waals surface area contributed by atoms with Crippen LogP contribution in [0.3, 0.4) is 0 Å². The van der Waals surface area contributed by atoms with Gasteiger partial charge in [0.1, 0.15) is 0 Å². The van der Waals surface area contributed by atoms with Crippen molar-refractivity contribution in [1.82, 2.24) is 5.32 Å². The first kappa shape index (κ1) is 12.0. The van der Waals surface area contributed by atoms with Crippen LogP contribution in [0.2, 0.25) is 0 Å². The molecule has 96 valence electrons. The summed E-state index contributed by atoms with van der Waals surface area (Å²) in [6.07, 6.45) is 6.09. The number of aliphatic imine (C=N–C) groups is 1. The van der Waals surface area contributed by atoms with E-state index in [0.29, 0.717) is 12.1 Å². The van der Waals surface area contributed by atoms with E-state index in [1.807, 2.05) is 11.8 Å². The minimum atomic E-state index is -0.558. The molecular formula is C12H20N2OS2. The van der Waals surface area contributed by atoms with Crippen LogP contribution < -0.4 is 5.32 Å². The third-order valence-corrected chi connectivity index (χ3v) is 6.53. The lowest BCUT2D eigenvalue weighted by atomic mass is 10.1. The first-order valence-corrected chi connectivity index (χ1v) is 9.11. The second-order valence-corrected chi connectivity index (χ2v) is 7.98. The Hall–Kier alpha value is -0.0300. The van der Waals surface area contributed by atoms with Gasteiger partial charge in [0.05, 0.1) is 6.04 Å². The first-order chi connectivity index (χ1) is 8.31. The molecule has 1 saturated carbocycles. The molecule has 0 aromatic carbocycles. The molecule has 3 rings (SSSR count). The maximum Gasteiger partial charge on any atom is 0.157 e. The second kappa shape index (κ2) is 5.31. The molecular weight excluding hydrogens is 252 g/mol. The fourth-order valence-corrected chi connectivity index (χ4v) is 5.47. The van der Waals surface area contributed by atoms with Crippen LogP contribution >= 0.6 is 11.8 Å². The molecule has 0 radical (unpaired) electrons. The highest BCUT2D eigenvalue weighted by atomic mass is 32.2. The van der Waals surface area contributed by atoms with Gasteiger partial charge in [-0.15, -0.1) is 0 Å². The van der Waals surface area contributed by atoms with Gasteiger partial charge in [-0.05, 0) is 31.6 Å². The Morgan fingerprint density at radius 1 is 1.24 bits per heavy atom. The highest BCUT2D eigenvalue weighted by molar-refractivity contribution is 8.13. The minimum Gasteiger partial charge on any atom is -0.362 e. The molecule has 3 aliphatic rings. The van der Waals surface area contributed by atoms with Gasteiger partial charge in [-0.2, -0.15) is 0 Å². The standard InChI is InChI=1S/C12H20N2OS2/c15-17-6-4-10(5-7-17)13-12-14-11-3-1-2-9(11)8-16-12/h9-11H,1-8H2,(H,13,14). The SMILES string of the molecule is O=S1CCC(NC2=NC3CCCC3CS2)CC1. The van der Waals surface area contributed by atoms with Gasteiger partial charge in [0.25, 0.3) is 0 Å². The molecule has 1 saturated heterocycles. The van der Waals surface area contributed by atoms with Gasteiger partial charge in [-0.1, -0.05) is 18.2 Å². The van der Waals surface area contributed by atoms with E-state index in [4.69, 9.17) is 4.99 Å². The highest BCUT2D eigenvalue weighted by Gasteiger charge is 2.31. The normalized spacial score (nSPS) is 41.8. The average Bonchev–Trinajstić information content (AvgIpc) is 2.79. The number of amidine groups is 1. The van der Waals surface area contributed by atoms with Crippen molar-refractivity contribution < 1.29 is 4.21 Å². The third kappa shape index (κ3) is 2.87. The quantitative estimate of drug-likeness (QED) is 0.791. The topological polar surface area (TPSA) is 41.5 Å². The maximum atomic E-state index is 11.3. The number of rotatable bonds is 1. The van der Waals surface area contributed by atoms with Crippen molar-refractivity contribution in [3.63, 3.8) is 0 Å². The van der Waals surface area contributed by atoms with Crippen LogP contribution in [0.4, 0.5) is 0 Å². The lowest BCUT2D eigenvalue weighted by Gasteiger charge is -2.28. The van der Waals surface area contributed by atoms with Crippen LogP contribution in [-0.2, 0) is 10.8 Å². The lowest BCUT2D eigenvalue weighted by Crippen LogP contribution is -2.40. The van der Waals surface area contributed by atoms with Crippen molar-refractivity contribution in [2.75, 3.05) is 17.3 Å². The molecule has 3 nitrogen and oxygen atoms in total. The van der Waals surface area contributed by atoms with E-state index in [1.165, 1.54) is 25.0 Å². The fraction of sp³-hybridized carbons (Fsp3) is 0.917. The average molecular weight is 272 g/mol. The first-order valence-electron chi connectivity index (χ1n) is 6.63. The molecule has 17 heavy (non-hydrogen) atoms. The zero-order valence-corrected chi connectivity index (χ0v) is 11.7. The second-order valence-electron chi connectivity index (χ2n) is 5.27. The van der Waals surface area contributed by atoms with E-state index >= 15 is 0 Å². The monoisotopic (exact) mass is 272 g/mol. The fourth-order valence-electron chi connectivity index (χ4n) is 2.95. The number of hydrogen-bond acceptors (Lipinski definition) is 4. The third-order valence-electron chi connectivity index (χ3n) is 4.05. The summed E-state index contributed by atoms with van der Waals surface area (Å²) in [5, 5.41) is 4.73. The van der Waals surface area contributed by atoms with Gasteiger partial charge in [0.15, 0.2) is 5.17 Å². The Morgan fingerprint density at radius 2 is 2.06 bits per heavy atom. The minimum absolute atomic E-state index is 0.511. The zero-order chi connectivity index (χ0) is 11.7. The van der Waals surface area contributed by atoms with Crippen molar-refractivity contribution in [2.45, 2.75) is 44.2 Å². The van der Waals surface area contributed by atoms with Crippen molar-refractivity contribution >= 4 is 27.7 Å². The van der Waals surface area contributed by atoms with E-state index in [1.54, 1.807) is 0 Å². The van der Waals surface area contributed by atoms with Crippen LogP contribution in [0.1, 0.15) is 32.1 Å². The molecule has 0 spiro atoms. The maximum absolute atomic E-state index is 11.3. The van der Waals surface area contributed by atoms with Gasteiger partial charge >= 0.3 is 0 Å². The van der Waals surface area contributed by atoms with Crippen molar-refractivity contribution in [1.29, 1.82) is 0 Å². The molecule has 2 heterocycles. The van der Waals surface area contributed by atoms with Gasteiger partial charge < -0.3 is 5.32 Å². The van der Waals surface area contributed by atoms with Gasteiger partial charge in [-0.3, -0.25) is 9.20 Å². The smallest absolute Gasteiger partial charge is 0.157 e. The summed E-state index contributed by atoms with van der Waals surface area (Å²) < 4.78 is 11.3. The summed E-state index contributed by atoms with van der Waals surface area (Å²) >= 11 is 1.90. The molecule has 0 aromatic heterocycles. The molecule has 5 heteroatoms. The van der Waals surface area contributed by atoms with Crippen LogP contribution in [0.25, 0.3) is 0 Å². The van der Waals surface area contributed by atoms with E-state index in [-0.39, 0.29) is 0 Å². The van der Waals surface area contributed by atoms with E-state index < -0.39 is 10.8 Å². The number of nitrogens with one attached hydrogen (secondary N) is 1. The van der Waals surface area contributed by atoms with Crippen molar-refractivity contribution in [3.05, 3.63) is 0 Å². The molecule has 1 N–H and O–H groups in total. The molecule has 2 fully saturated rings. The van der Waals surface area contributed by atoms with Crippen molar-refractivity contribution in [3.8, 4) is 0 Å². The Labute approximate surface area is 110 Å². The van der Waals surface area contributed by atoms with Gasteiger partial charge in [0.2, 0.25) is 0 Å². The van der Waals surface area contributed by atoms with Gasteiger partial charge in [-0.25, -0.2) is 0 Å². The van der Waals surface area contributed by atoms with Crippen molar-refractivity contribution in [2.24, 2.45) is 10.9 Å². The number of fused-ring (bicyclic) bond motifs is 1. The lowest BCUT2D eigenvalue weighted by molar-refractivity contribution is 0.520. The molecule has 0 bridgehead atoms. The van der Waals surface area contributed by atoms with Crippen LogP contribution in [0.5, 0.6) is 0 Å². The largest absolute Gasteiger partial charge is 0.362 e. The Kier molecular flexibility index (Phi) is 3.75. The summed E-state index contributed by atoms with van der Waals surface area (Å²) in [5.41, 5.74) is 0. The summed E-state index contributed by atoms with van der Waals surface area (Å²) in [6, 6.07) is 1.10. The Balaban J connectivity index is 1.56. The van der Waals surface area contributed by atoms with Crippen LogP contribution in [0.15, 0.2) is 4.99 Å². The summed E-state index contributed by atoms with van der Waals surface area (Å²) in [4.78, 5) is 4.85.